The van der Waals surface area contributed by atoms with E-state index < -0.39 is 8.07 Å². The number of hydrogen-bond donors (Lipinski definition) is 0. The average Bonchev–Trinajstić information content (AvgIpc) is 3.43. The van der Waals surface area contributed by atoms with Crippen molar-refractivity contribution in [3.8, 4) is 16.8 Å². The van der Waals surface area contributed by atoms with Gasteiger partial charge in [0.1, 0.15) is 12.6 Å². The van der Waals surface area contributed by atoms with Crippen molar-refractivity contribution in [2.24, 2.45) is 0 Å². The molecule has 6 aromatic rings. The van der Waals surface area contributed by atoms with Gasteiger partial charge in [-0.15, -0.1) is 0 Å². The molecule has 3 heterocycles. The highest BCUT2D eigenvalue weighted by molar-refractivity contribution is 6.76. The molecule has 0 amide bonds. The molecule has 0 atom stereocenters. The van der Waals surface area contributed by atoms with Crippen LogP contribution in [0, 0.1) is 6.92 Å². The second-order valence-corrected chi connectivity index (χ2v) is 17.3. The minimum Gasteiger partial charge on any atom is -0.361 e. The maximum absolute atomic E-state index is 13.6. The van der Waals surface area contributed by atoms with Crippen LogP contribution in [0.1, 0.15) is 11.4 Å². The first-order chi connectivity index (χ1) is 19.8. The number of nitrogens with zero attached hydrogens (tertiary/aromatic N) is 5. The summed E-state index contributed by atoms with van der Waals surface area (Å²) in [6.07, 6.45) is 1.72. The third kappa shape index (κ3) is 5.40. The fourth-order valence-corrected chi connectivity index (χ4v) is 5.99. The molecule has 8 heteroatoms. The van der Waals surface area contributed by atoms with E-state index in [2.05, 4.69) is 90.7 Å². The molecule has 0 saturated heterocycles. The maximum Gasteiger partial charge on any atom is 0.336 e. The van der Waals surface area contributed by atoms with E-state index in [1.165, 1.54) is 5.56 Å². The summed E-state index contributed by atoms with van der Waals surface area (Å²) in [4.78, 5) is 23.1. The molecule has 7 nitrogen and oxygen atoms in total. The average molecular weight is 562 g/mol. The topological polar surface area (TPSA) is 66.9 Å². The van der Waals surface area contributed by atoms with Gasteiger partial charge in [0.05, 0.1) is 22.2 Å². The molecule has 0 aliphatic carbocycles. The van der Waals surface area contributed by atoms with E-state index in [1.54, 1.807) is 15.3 Å². The summed E-state index contributed by atoms with van der Waals surface area (Å²) in [5, 5.41) is 0. The standard InChI is InChI=1S/C33H35N5O2Si/c1-24-35-31-28(12-8-13-29(31)36(24)22-25-10-6-5-7-11-25)26-15-17-27(18-16-26)38-32-30(14-9-19-34-32)37(33(38)39)23-40-20-21-41(2,3)4/h5-19H,20-23H2,1-4H3. The number of fused-ring (bicyclic) bond motifs is 2. The van der Waals surface area contributed by atoms with Crippen LogP contribution in [0.15, 0.2) is 95.9 Å². The van der Waals surface area contributed by atoms with Gasteiger partial charge in [0.25, 0.3) is 0 Å². The van der Waals surface area contributed by atoms with Crippen molar-refractivity contribution in [1.29, 1.82) is 0 Å². The number of benzene rings is 3. The second kappa shape index (κ2) is 11.0. The van der Waals surface area contributed by atoms with Crippen LogP contribution in [-0.4, -0.2) is 38.4 Å². The van der Waals surface area contributed by atoms with Crippen LogP contribution in [0.5, 0.6) is 0 Å². The van der Waals surface area contributed by atoms with Crippen molar-refractivity contribution in [3.63, 3.8) is 0 Å². The van der Waals surface area contributed by atoms with Crippen LogP contribution in [0.4, 0.5) is 0 Å². The summed E-state index contributed by atoms with van der Waals surface area (Å²) in [5.74, 6) is 0.977. The third-order valence-electron chi connectivity index (χ3n) is 7.50. The predicted molar refractivity (Wildman–Crippen MR) is 168 cm³/mol. The number of aromatic nitrogens is 5. The number of rotatable bonds is 9. The zero-order valence-electron chi connectivity index (χ0n) is 24.0. The van der Waals surface area contributed by atoms with E-state index in [0.717, 1.165) is 51.8 Å². The minimum atomic E-state index is -1.22. The first-order valence-corrected chi connectivity index (χ1v) is 17.8. The Morgan fingerprint density at radius 3 is 2.34 bits per heavy atom. The lowest BCUT2D eigenvalue weighted by Gasteiger charge is -2.15. The lowest BCUT2D eigenvalue weighted by molar-refractivity contribution is 0.0875. The lowest BCUT2D eigenvalue weighted by Crippen LogP contribution is -2.26. The van der Waals surface area contributed by atoms with Crippen LogP contribution < -0.4 is 5.69 Å². The van der Waals surface area contributed by atoms with Gasteiger partial charge in [-0.3, -0.25) is 4.57 Å². The summed E-state index contributed by atoms with van der Waals surface area (Å²) >= 11 is 0. The van der Waals surface area contributed by atoms with Crippen molar-refractivity contribution in [1.82, 2.24) is 23.7 Å². The number of hydrogen-bond acceptors (Lipinski definition) is 4. The molecule has 0 saturated carbocycles. The van der Waals surface area contributed by atoms with Crippen LogP contribution >= 0.6 is 0 Å². The zero-order valence-corrected chi connectivity index (χ0v) is 25.0. The van der Waals surface area contributed by atoms with Gasteiger partial charge in [0.2, 0.25) is 0 Å². The first kappa shape index (κ1) is 26.9. The Bertz CT molecular complexity index is 1880. The van der Waals surface area contributed by atoms with Gasteiger partial charge in [-0.25, -0.2) is 19.3 Å². The molecule has 6 rings (SSSR count). The molecule has 0 radical (unpaired) electrons. The Morgan fingerprint density at radius 2 is 1.59 bits per heavy atom. The van der Waals surface area contributed by atoms with Gasteiger partial charge >= 0.3 is 5.69 Å². The van der Waals surface area contributed by atoms with E-state index in [-0.39, 0.29) is 12.4 Å². The summed E-state index contributed by atoms with van der Waals surface area (Å²) < 4.78 is 11.5. The number of aryl methyl sites for hydroxylation is 1. The van der Waals surface area contributed by atoms with E-state index in [4.69, 9.17) is 9.72 Å². The molecule has 3 aromatic carbocycles. The Labute approximate surface area is 240 Å². The fraction of sp³-hybridized carbons (Fsp3) is 0.242. The minimum absolute atomic E-state index is 0.156. The molecule has 0 N–H and O–H groups in total. The fourth-order valence-electron chi connectivity index (χ4n) is 5.23. The number of pyridine rings is 1. The van der Waals surface area contributed by atoms with Gasteiger partial charge in [0.15, 0.2) is 5.65 Å². The molecular weight excluding hydrogens is 526 g/mol. The van der Waals surface area contributed by atoms with Crippen molar-refractivity contribution < 1.29 is 4.74 Å². The largest absolute Gasteiger partial charge is 0.361 e. The van der Waals surface area contributed by atoms with E-state index in [1.807, 2.05) is 30.3 Å². The highest BCUT2D eigenvalue weighted by Gasteiger charge is 2.18. The van der Waals surface area contributed by atoms with Crippen LogP contribution in [0.2, 0.25) is 25.7 Å². The van der Waals surface area contributed by atoms with Crippen molar-refractivity contribution in [2.45, 2.75) is 45.9 Å². The van der Waals surface area contributed by atoms with Gasteiger partial charge in [-0.2, -0.15) is 0 Å². The molecule has 0 aliphatic rings. The Hall–Kier alpha value is -4.27. The Balaban J connectivity index is 1.33. The van der Waals surface area contributed by atoms with Crippen LogP contribution in [0.3, 0.4) is 0 Å². The SMILES string of the molecule is Cc1nc2c(-c3ccc(-n4c(=O)n(COCC[Si](C)(C)C)c5cccnc54)cc3)cccc2n1Cc1ccccc1. The molecule has 0 aliphatic heterocycles. The van der Waals surface area contributed by atoms with E-state index >= 15 is 0 Å². The van der Waals surface area contributed by atoms with Crippen LogP contribution in [-0.2, 0) is 18.0 Å². The van der Waals surface area contributed by atoms with Gasteiger partial charge in [0, 0.05) is 33.0 Å². The summed E-state index contributed by atoms with van der Waals surface area (Å²) in [7, 11) is -1.22. The third-order valence-corrected chi connectivity index (χ3v) is 9.20. The van der Waals surface area contributed by atoms with E-state index in [0.29, 0.717) is 12.3 Å². The first-order valence-electron chi connectivity index (χ1n) is 14.0. The predicted octanol–water partition coefficient (Wildman–Crippen LogP) is 6.87. The Kier molecular flexibility index (Phi) is 7.19. The zero-order chi connectivity index (χ0) is 28.6. The molecule has 0 unspecified atom stereocenters. The summed E-state index contributed by atoms with van der Waals surface area (Å²) in [6, 6.07) is 29.7. The van der Waals surface area contributed by atoms with Gasteiger partial charge in [-0.1, -0.05) is 74.2 Å². The quantitative estimate of drug-likeness (QED) is 0.143. The highest BCUT2D eigenvalue weighted by atomic mass is 28.3. The molecule has 3 aromatic heterocycles. The molecule has 41 heavy (non-hydrogen) atoms. The lowest BCUT2D eigenvalue weighted by atomic mass is 10.0. The monoisotopic (exact) mass is 561 g/mol. The van der Waals surface area contributed by atoms with Crippen molar-refractivity contribution in [2.75, 3.05) is 6.61 Å². The molecule has 0 spiro atoms. The van der Waals surface area contributed by atoms with Crippen molar-refractivity contribution in [3.05, 3.63) is 113 Å². The molecular formula is C33H35N5O2Si. The van der Waals surface area contributed by atoms with Crippen molar-refractivity contribution >= 4 is 30.3 Å². The Morgan fingerprint density at radius 1 is 0.829 bits per heavy atom. The van der Waals surface area contributed by atoms with Crippen LogP contribution in [0.25, 0.3) is 39.0 Å². The summed E-state index contributed by atoms with van der Waals surface area (Å²) in [6.45, 7) is 10.6. The number of para-hydroxylation sites is 1. The smallest absolute Gasteiger partial charge is 0.336 e. The maximum atomic E-state index is 13.6. The number of imidazole rings is 2. The second-order valence-electron chi connectivity index (χ2n) is 11.7. The highest BCUT2D eigenvalue weighted by Crippen LogP contribution is 2.30. The normalized spacial score (nSPS) is 12.0. The summed E-state index contributed by atoms with van der Waals surface area (Å²) in [5.41, 5.74) is 7.42. The molecule has 0 bridgehead atoms. The molecule has 208 valence electrons. The van der Waals surface area contributed by atoms with Gasteiger partial charge in [-0.05, 0) is 54.4 Å². The molecule has 0 fully saturated rings. The van der Waals surface area contributed by atoms with Gasteiger partial charge < -0.3 is 9.30 Å². The number of ether oxygens (including phenoxy) is 1. The van der Waals surface area contributed by atoms with E-state index in [9.17, 15) is 4.79 Å².